The first kappa shape index (κ1) is 24.6. The molecule has 210 valence electrons. The molecule has 10 nitrogen and oxygen atoms in total. The number of ether oxygens (including phenoxy) is 3. The summed E-state index contributed by atoms with van der Waals surface area (Å²) in [5, 5.41) is 2.94. The summed E-state index contributed by atoms with van der Waals surface area (Å²) in [6, 6.07) is 6.56. The predicted molar refractivity (Wildman–Crippen MR) is 138 cm³/mol. The molecule has 8 rings (SSSR count). The van der Waals surface area contributed by atoms with Gasteiger partial charge in [0, 0.05) is 40.7 Å². The molecule has 0 saturated carbocycles. The van der Waals surface area contributed by atoms with Gasteiger partial charge in [0.05, 0.1) is 61.6 Å². The second kappa shape index (κ2) is 9.14. The second-order valence-corrected chi connectivity index (χ2v) is 10.6. The van der Waals surface area contributed by atoms with Crippen LogP contribution in [0.2, 0.25) is 0 Å². The lowest BCUT2D eigenvalue weighted by Crippen LogP contribution is -2.60. The summed E-state index contributed by atoms with van der Waals surface area (Å²) in [7, 11) is 0. The zero-order valence-electron chi connectivity index (χ0n) is 21.5. The van der Waals surface area contributed by atoms with Crippen LogP contribution in [0.1, 0.15) is 40.3 Å². The van der Waals surface area contributed by atoms with Gasteiger partial charge in [-0.2, -0.15) is 8.78 Å². The third-order valence-corrected chi connectivity index (χ3v) is 8.26. The van der Waals surface area contributed by atoms with Crippen LogP contribution in [0.4, 0.5) is 19.1 Å². The molecule has 2 aromatic carbocycles. The largest absolute Gasteiger partial charge is 0.434 e. The molecule has 4 aliphatic heterocycles. The Morgan fingerprint density at radius 2 is 1.76 bits per heavy atom. The Kier molecular flexibility index (Phi) is 5.48. The van der Waals surface area contributed by atoms with Crippen molar-refractivity contribution < 1.29 is 32.2 Å². The van der Waals surface area contributed by atoms with E-state index in [9.17, 15) is 13.6 Å². The lowest BCUT2D eigenvalue weighted by Gasteiger charge is -2.45. The predicted octanol–water partition coefficient (Wildman–Crippen LogP) is 3.62. The summed E-state index contributed by atoms with van der Waals surface area (Å²) < 4.78 is 60.1. The number of carbonyl (C=O) groups excluding carboxylic acids is 1. The fraction of sp³-hybridized carbons (Fsp3) is 0.357. The van der Waals surface area contributed by atoms with Crippen molar-refractivity contribution in [3.8, 4) is 16.9 Å². The lowest BCUT2D eigenvalue weighted by atomic mass is 9.97. The van der Waals surface area contributed by atoms with Gasteiger partial charge in [0.25, 0.3) is 5.91 Å². The highest BCUT2D eigenvalue weighted by atomic mass is 19.3. The number of benzene rings is 2. The van der Waals surface area contributed by atoms with E-state index in [2.05, 4.69) is 25.2 Å². The Morgan fingerprint density at radius 3 is 2.46 bits per heavy atom. The van der Waals surface area contributed by atoms with E-state index in [1.54, 1.807) is 24.5 Å². The fourth-order valence-electron chi connectivity index (χ4n) is 6.57. The molecule has 4 aromatic rings. The van der Waals surface area contributed by atoms with E-state index < -0.39 is 30.4 Å². The number of carbonyl (C=O) groups is 1. The Hall–Kier alpha value is -4.23. The summed E-state index contributed by atoms with van der Waals surface area (Å²) in [6.07, 6.45) is 3.58. The fourth-order valence-corrected chi connectivity index (χ4v) is 6.57. The lowest BCUT2D eigenvalue weighted by molar-refractivity contribution is -0.0507. The zero-order chi connectivity index (χ0) is 27.8. The van der Waals surface area contributed by atoms with Gasteiger partial charge in [-0.15, -0.1) is 0 Å². The molecule has 2 fully saturated rings. The maximum Gasteiger partial charge on any atom is 0.387 e. The van der Waals surface area contributed by atoms with E-state index in [0.29, 0.717) is 66.8 Å². The molecular weight excluding hydrogens is 541 g/mol. The highest BCUT2D eigenvalue weighted by molar-refractivity contribution is 5.98. The number of amides is 1. The molecule has 1 N–H and O–H groups in total. The monoisotopic (exact) mass is 564 g/mol. The topological polar surface area (TPSA) is 104 Å². The van der Waals surface area contributed by atoms with E-state index in [-0.39, 0.29) is 29.0 Å². The van der Waals surface area contributed by atoms with Crippen LogP contribution >= 0.6 is 0 Å². The van der Waals surface area contributed by atoms with E-state index in [4.69, 9.17) is 14.2 Å². The third-order valence-electron chi connectivity index (χ3n) is 8.26. The molecule has 4 aliphatic rings. The maximum absolute atomic E-state index is 15.5. The van der Waals surface area contributed by atoms with Gasteiger partial charge in [0.1, 0.15) is 17.4 Å². The van der Waals surface area contributed by atoms with Gasteiger partial charge in [-0.3, -0.25) is 4.79 Å². The van der Waals surface area contributed by atoms with Gasteiger partial charge in [-0.25, -0.2) is 19.3 Å². The van der Waals surface area contributed by atoms with Crippen LogP contribution in [0, 0.1) is 5.82 Å². The van der Waals surface area contributed by atoms with Crippen molar-refractivity contribution in [2.45, 2.75) is 37.2 Å². The van der Waals surface area contributed by atoms with Crippen molar-refractivity contribution >= 4 is 22.9 Å². The standard InChI is InChI=1S/C28H23F3N6O4/c29-18-5-19-21(4-17(18)13-7-32-28(33-8-13)36-14-9-39-11-15(36)12-40-10-14)37-22-6-20(25(37)34-19)35-26(38)16-2-1-3-23(24(16)22)41-27(30)31/h1-5,7-8,14-15,20,22,27H,6,9-12H2,(H,35,38)/t14?,15?,20-,22-/m0/s1. The van der Waals surface area contributed by atoms with Crippen molar-refractivity contribution in [1.29, 1.82) is 0 Å². The van der Waals surface area contributed by atoms with Crippen molar-refractivity contribution in [2.75, 3.05) is 31.3 Å². The molecule has 2 saturated heterocycles. The molecule has 4 bridgehead atoms. The highest BCUT2D eigenvalue weighted by Gasteiger charge is 2.42. The number of hydrogen-bond acceptors (Lipinski definition) is 8. The number of nitrogens with zero attached hydrogens (tertiary/aromatic N) is 5. The SMILES string of the molecule is O=C1N[C@H]2C[C@@H](c3c(OC(F)F)cccc31)n1c2nc2cc(F)c(-c3cnc(N4C5COCC4COC5)nc3)cc21. The first-order chi connectivity index (χ1) is 20.0. The van der Waals surface area contributed by atoms with Gasteiger partial charge in [0.2, 0.25) is 5.95 Å². The van der Waals surface area contributed by atoms with Gasteiger partial charge >= 0.3 is 6.61 Å². The minimum atomic E-state index is -3.06. The first-order valence-corrected chi connectivity index (χ1v) is 13.3. The van der Waals surface area contributed by atoms with Crippen LogP contribution in [-0.2, 0) is 9.47 Å². The number of aromatic nitrogens is 4. The minimum absolute atomic E-state index is 0.0153. The number of fused-ring (bicyclic) bond motifs is 11. The molecule has 41 heavy (non-hydrogen) atoms. The van der Waals surface area contributed by atoms with E-state index in [1.165, 1.54) is 18.2 Å². The Balaban J connectivity index is 1.21. The van der Waals surface area contributed by atoms with Gasteiger partial charge in [-0.1, -0.05) is 6.07 Å². The van der Waals surface area contributed by atoms with Crippen LogP contribution in [-0.4, -0.2) is 70.5 Å². The molecule has 0 spiro atoms. The van der Waals surface area contributed by atoms with Crippen LogP contribution in [0.15, 0.2) is 42.7 Å². The highest BCUT2D eigenvalue weighted by Crippen LogP contribution is 2.48. The van der Waals surface area contributed by atoms with Crippen LogP contribution in [0.5, 0.6) is 5.75 Å². The Bertz CT molecular complexity index is 1670. The smallest absolute Gasteiger partial charge is 0.387 e. The Labute approximate surface area is 231 Å². The number of alkyl halides is 2. The molecule has 0 unspecified atom stereocenters. The number of rotatable bonds is 4. The summed E-state index contributed by atoms with van der Waals surface area (Å²) in [5.41, 5.74) is 2.35. The summed E-state index contributed by atoms with van der Waals surface area (Å²) in [4.78, 5) is 28.8. The maximum atomic E-state index is 15.5. The number of morpholine rings is 2. The number of anilines is 1. The van der Waals surface area contributed by atoms with Crippen molar-refractivity contribution in [3.05, 3.63) is 65.5 Å². The molecule has 0 radical (unpaired) electrons. The zero-order valence-corrected chi connectivity index (χ0v) is 21.5. The van der Waals surface area contributed by atoms with Gasteiger partial charge in [0.15, 0.2) is 0 Å². The van der Waals surface area contributed by atoms with Crippen LogP contribution < -0.4 is 15.0 Å². The number of hydrogen-bond donors (Lipinski definition) is 1. The normalized spacial score (nSPS) is 24.7. The van der Waals surface area contributed by atoms with Crippen molar-refractivity contribution in [3.63, 3.8) is 0 Å². The summed E-state index contributed by atoms with van der Waals surface area (Å²) in [6.45, 7) is -0.967. The van der Waals surface area contributed by atoms with Crippen molar-refractivity contribution in [1.82, 2.24) is 24.8 Å². The number of nitrogens with one attached hydrogen (secondary N) is 1. The quantitative estimate of drug-likeness (QED) is 0.401. The molecule has 2 aromatic heterocycles. The molecule has 6 heterocycles. The summed E-state index contributed by atoms with van der Waals surface area (Å²) >= 11 is 0. The number of halogens is 3. The molecule has 0 aliphatic carbocycles. The molecule has 2 atom stereocenters. The molecule has 1 amide bonds. The minimum Gasteiger partial charge on any atom is -0.434 e. The number of imidazole rings is 1. The van der Waals surface area contributed by atoms with E-state index in [1.807, 2.05) is 4.57 Å². The average Bonchev–Trinajstić information content (AvgIpc) is 3.43. The first-order valence-electron chi connectivity index (χ1n) is 13.3. The van der Waals surface area contributed by atoms with E-state index >= 15 is 4.39 Å². The van der Waals surface area contributed by atoms with Gasteiger partial charge < -0.3 is 29.0 Å². The molecule has 13 heteroatoms. The van der Waals surface area contributed by atoms with Crippen LogP contribution in [0.3, 0.4) is 0 Å². The van der Waals surface area contributed by atoms with E-state index in [0.717, 1.165) is 0 Å². The Morgan fingerprint density at radius 1 is 1.02 bits per heavy atom. The van der Waals surface area contributed by atoms with Crippen LogP contribution in [0.25, 0.3) is 22.2 Å². The summed E-state index contributed by atoms with van der Waals surface area (Å²) in [5.74, 6) is 0.0886. The molecular formula is C28H23F3N6O4. The van der Waals surface area contributed by atoms with Gasteiger partial charge in [-0.05, 0) is 24.6 Å². The third kappa shape index (κ3) is 3.79. The average molecular weight is 565 g/mol. The van der Waals surface area contributed by atoms with Crippen molar-refractivity contribution in [2.24, 2.45) is 0 Å². The second-order valence-electron chi connectivity index (χ2n) is 10.6.